The minimum atomic E-state index is -0.646. The normalized spacial score (nSPS) is 21.9. The number of amides is 3. The minimum Gasteiger partial charge on any atom is -0.310 e. The largest absolute Gasteiger partial charge is 0.328 e. The highest BCUT2D eigenvalue weighted by Crippen LogP contribution is 2.37. The average Bonchev–Trinajstić information content (AvgIpc) is 2.73. The fourth-order valence-electron chi connectivity index (χ4n) is 3.49. The number of likely N-dealkylation sites (N-methyl/N-ethyl adjacent to an activating group) is 1. The predicted octanol–water partition coefficient (Wildman–Crippen LogP) is 1.33. The lowest BCUT2D eigenvalue weighted by molar-refractivity contribution is -0.135. The summed E-state index contributed by atoms with van der Waals surface area (Å²) in [6, 6.07) is 5.36. The predicted molar refractivity (Wildman–Crippen MR) is 82.0 cm³/mol. The van der Waals surface area contributed by atoms with Gasteiger partial charge in [0.1, 0.15) is 5.54 Å². The number of carbonyl (C=O) groups excluding carboxylic acids is 2. The van der Waals surface area contributed by atoms with Gasteiger partial charge >= 0.3 is 6.03 Å². The Morgan fingerprint density at radius 3 is 2.55 bits per heavy atom. The van der Waals surface area contributed by atoms with E-state index >= 15 is 0 Å². The molecule has 0 aromatic carbocycles. The van der Waals surface area contributed by atoms with Gasteiger partial charge in [0.05, 0.1) is 12.2 Å². The van der Waals surface area contributed by atoms with Crippen molar-refractivity contribution in [3.05, 3.63) is 30.1 Å². The SMILES string of the molecule is CCN1C(=O)N(Cc2ccccn2)C(=O)C12CCN(C)CC2. The maximum Gasteiger partial charge on any atom is 0.328 e. The zero-order chi connectivity index (χ0) is 15.7. The Labute approximate surface area is 130 Å². The highest BCUT2D eigenvalue weighted by molar-refractivity contribution is 6.07. The Bertz CT molecular complexity index is 567. The third kappa shape index (κ3) is 2.27. The van der Waals surface area contributed by atoms with E-state index in [9.17, 15) is 9.59 Å². The number of urea groups is 1. The summed E-state index contributed by atoms with van der Waals surface area (Å²) in [6.45, 7) is 4.44. The van der Waals surface area contributed by atoms with E-state index in [1.807, 2.05) is 25.1 Å². The molecule has 1 spiro atoms. The molecule has 6 nitrogen and oxygen atoms in total. The quantitative estimate of drug-likeness (QED) is 0.791. The first-order valence-electron chi connectivity index (χ1n) is 7.80. The number of hydrogen-bond acceptors (Lipinski definition) is 4. The number of aromatic nitrogens is 1. The van der Waals surface area contributed by atoms with Gasteiger partial charge in [-0.25, -0.2) is 4.79 Å². The average molecular weight is 302 g/mol. The van der Waals surface area contributed by atoms with E-state index in [2.05, 4.69) is 16.9 Å². The first kappa shape index (κ1) is 15.0. The van der Waals surface area contributed by atoms with Crippen molar-refractivity contribution >= 4 is 11.9 Å². The van der Waals surface area contributed by atoms with Crippen LogP contribution in [-0.4, -0.2) is 63.8 Å². The molecule has 2 aliphatic rings. The molecule has 0 saturated carbocycles. The number of carbonyl (C=O) groups is 2. The van der Waals surface area contributed by atoms with Crippen molar-refractivity contribution in [3.8, 4) is 0 Å². The summed E-state index contributed by atoms with van der Waals surface area (Å²) in [6.07, 6.45) is 3.10. The summed E-state index contributed by atoms with van der Waals surface area (Å²) in [5.41, 5.74) is 0.0952. The van der Waals surface area contributed by atoms with E-state index in [1.165, 1.54) is 4.90 Å². The van der Waals surface area contributed by atoms with Crippen molar-refractivity contribution in [1.29, 1.82) is 0 Å². The molecule has 0 atom stereocenters. The highest BCUT2D eigenvalue weighted by Gasteiger charge is 2.57. The number of nitrogens with zero attached hydrogens (tertiary/aromatic N) is 4. The third-order valence-corrected chi connectivity index (χ3v) is 4.80. The lowest BCUT2D eigenvalue weighted by Crippen LogP contribution is -2.55. The van der Waals surface area contributed by atoms with Crippen LogP contribution in [0.2, 0.25) is 0 Å². The van der Waals surface area contributed by atoms with Gasteiger partial charge in [0, 0.05) is 25.8 Å². The summed E-state index contributed by atoms with van der Waals surface area (Å²) < 4.78 is 0. The van der Waals surface area contributed by atoms with Crippen molar-refractivity contribution in [2.45, 2.75) is 31.8 Å². The molecule has 0 unspecified atom stereocenters. The molecule has 0 aliphatic carbocycles. The molecule has 3 amide bonds. The Kier molecular flexibility index (Phi) is 3.87. The smallest absolute Gasteiger partial charge is 0.310 e. The number of likely N-dealkylation sites (tertiary alicyclic amines) is 1. The van der Waals surface area contributed by atoms with Crippen LogP contribution in [0.4, 0.5) is 4.79 Å². The van der Waals surface area contributed by atoms with Gasteiger partial charge in [0.25, 0.3) is 5.91 Å². The van der Waals surface area contributed by atoms with Crippen LogP contribution in [0, 0.1) is 0 Å². The molecule has 0 bridgehead atoms. The van der Waals surface area contributed by atoms with Crippen LogP contribution < -0.4 is 0 Å². The van der Waals surface area contributed by atoms with Crippen LogP contribution in [0.1, 0.15) is 25.5 Å². The van der Waals surface area contributed by atoms with Gasteiger partial charge in [-0.2, -0.15) is 0 Å². The Balaban J connectivity index is 1.87. The van der Waals surface area contributed by atoms with Crippen LogP contribution in [-0.2, 0) is 11.3 Å². The van der Waals surface area contributed by atoms with Crippen molar-refractivity contribution in [2.24, 2.45) is 0 Å². The second kappa shape index (κ2) is 5.68. The van der Waals surface area contributed by atoms with Gasteiger partial charge in [0.15, 0.2) is 0 Å². The lowest BCUT2D eigenvalue weighted by Gasteiger charge is -2.40. The maximum absolute atomic E-state index is 13.0. The minimum absolute atomic E-state index is 0.0573. The highest BCUT2D eigenvalue weighted by atomic mass is 16.2. The number of imide groups is 1. The zero-order valence-electron chi connectivity index (χ0n) is 13.2. The molecule has 3 rings (SSSR count). The van der Waals surface area contributed by atoms with Crippen molar-refractivity contribution in [3.63, 3.8) is 0 Å². The van der Waals surface area contributed by atoms with Crippen LogP contribution in [0.5, 0.6) is 0 Å². The first-order chi connectivity index (χ1) is 10.6. The van der Waals surface area contributed by atoms with Gasteiger partial charge in [-0.3, -0.25) is 14.7 Å². The second-order valence-electron chi connectivity index (χ2n) is 6.07. The molecule has 22 heavy (non-hydrogen) atoms. The standard InChI is InChI=1S/C16H22N4O2/c1-3-20-15(22)19(12-13-6-4-5-9-17-13)14(21)16(20)7-10-18(2)11-8-16/h4-6,9H,3,7-8,10-12H2,1-2H3. The van der Waals surface area contributed by atoms with Crippen LogP contribution in [0.25, 0.3) is 0 Å². The van der Waals surface area contributed by atoms with E-state index in [-0.39, 0.29) is 18.5 Å². The monoisotopic (exact) mass is 302 g/mol. The Morgan fingerprint density at radius 2 is 1.95 bits per heavy atom. The Hall–Kier alpha value is -1.95. The molecule has 0 radical (unpaired) electrons. The zero-order valence-corrected chi connectivity index (χ0v) is 13.2. The number of rotatable bonds is 3. The molecule has 1 aromatic heterocycles. The fraction of sp³-hybridized carbons (Fsp3) is 0.562. The fourth-order valence-corrected chi connectivity index (χ4v) is 3.49. The van der Waals surface area contributed by atoms with Crippen LogP contribution in [0.15, 0.2) is 24.4 Å². The number of piperidine rings is 1. The van der Waals surface area contributed by atoms with Crippen molar-refractivity contribution in [1.82, 2.24) is 19.7 Å². The molecule has 118 valence electrons. The topological polar surface area (TPSA) is 56.8 Å². The van der Waals surface area contributed by atoms with E-state index in [4.69, 9.17) is 0 Å². The second-order valence-corrected chi connectivity index (χ2v) is 6.07. The van der Waals surface area contributed by atoms with Gasteiger partial charge in [0.2, 0.25) is 0 Å². The molecule has 3 heterocycles. The van der Waals surface area contributed by atoms with Gasteiger partial charge < -0.3 is 9.80 Å². The van der Waals surface area contributed by atoms with Gasteiger partial charge in [-0.1, -0.05) is 6.07 Å². The van der Waals surface area contributed by atoms with Crippen LogP contribution >= 0.6 is 0 Å². The van der Waals surface area contributed by atoms with Crippen molar-refractivity contribution in [2.75, 3.05) is 26.7 Å². The molecule has 2 saturated heterocycles. The van der Waals surface area contributed by atoms with E-state index < -0.39 is 5.54 Å². The molecule has 2 fully saturated rings. The summed E-state index contributed by atoms with van der Waals surface area (Å²) in [7, 11) is 2.05. The first-order valence-corrected chi connectivity index (χ1v) is 7.80. The van der Waals surface area contributed by atoms with E-state index in [1.54, 1.807) is 11.1 Å². The Morgan fingerprint density at radius 1 is 1.23 bits per heavy atom. The molecule has 1 aromatic rings. The number of pyridine rings is 1. The number of hydrogen-bond donors (Lipinski definition) is 0. The van der Waals surface area contributed by atoms with Crippen molar-refractivity contribution < 1.29 is 9.59 Å². The van der Waals surface area contributed by atoms with E-state index in [0.717, 1.165) is 18.8 Å². The summed E-state index contributed by atoms with van der Waals surface area (Å²) in [5.74, 6) is -0.0573. The van der Waals surface area contributed by atoms with E-state index in [0.29, 0.717) is 19.4 Å². The molecular weight excluding hydrogens is 280 g/mol. The molecule has 6 heteroatoms. The summed E-state index contributed by atoms with van der Waals surface area (Å²) >= 11 is 0. The third-order valence-electron chi connectivity index (χ3n) is 4.80. The van der Waals surface area contributed by atoms with Gasteiger partial charge in [-0.15, -0.1) is 0 Å². The molecule has 2 aliphatic heterocycles. The summed E-state index contributed by atoms with van der Waals surface area (Å²) in [4.78, 5) is 35.3. The summed E-state index contributed by atoms with van der Waals surface area (Å²) in [5, 5.41) is 0. The van der Waals surface area contributed by atoms with Gasteiger partial charge in [-0.05, 0) is 38.9 Å². The molecular formula is C16H22N4O2. The van der Waals surface area contributed by atoms with Crippen LogP contribution in [0.3, 0.4) is 0 Å². The maximum atomic E-state index is 13.0. The molecule has 0 N–H and O–H groups in total. The lowest BCUT2D eigenvalue weighted by atomic mass is 9.86.